The molecule has 8 aromatic rings. The molecule has 0 bridgehead atoms. The molecule has 93 heavy (non-hydrogen) atoms. The molecule has 4 aromatic carbocycles. The molecule has 8 nitrogen and oxygen atoms in total. The fourth-order valence-corrected chi connectivity index (χ4v) is 27.5. The van der Waals surface area contributed by atoms with Gasteiger partial charge in [0.05, 0.1) is 23.7 Å². The van der Waals surface area contributed by atoms with Gasteiger partial charge in [-0.3, -0.25) is 9.59 Å². The summed E-state index contributed by atoms with van der Waals surface area (Å²) in [5.41, 5.74) is 10.2. The molecule has 4 heterocycles. The van der Waals surface area contributed by atoms with Gasteiger partial charge < -0.3 is 26.0 Å². The van der Waals surface area contributed by atoms with Gasteiger partial charge in [-0.1, -0.05) is 223 Å². The van der Waals surface area contributed by atoms with Crippen molar-refractivity contribution in [2.24, 2.45) is 0 Å². The summed E-state index contributed by atoms with van der Waals surface area (Å²) in [5.74, 6) is 0. The molecular weight excluding hydrogens is 1640 g/mol. The van der Waals surface area contributed by atoms with Gasteiger partial charge in [0.2, 0.25) is 16.6 Å². The quantitative estimate of drug-likeness (QED) is 0.0390. The molecule has 3 unspecified atom stereocenters. The van der Waals surface area contributed by atoms with Crippen molar-refractivity contribution >= 4 is 154 Å². The van der Waals surface area contributed by atoms with E-state index < -0.39 is 37.6 Å². The number of hydrogen-bond acceptors (Lipinski definition) is 12. The average Bonchev–Trinajstić information content (AvgIpc) is 1.64. The van der Waals surface area contributed by atoms with Crippen molar-refractivity contribution in [2.75, 3.05) is 0 Å². The van der Waals surface area contributed by atoms with E-state index in [4.69, 9.17) is 16.5 Å². The number of rotatable bonds is 22. The Morgan fingerprint density at radius 1 is 0.473 bits per heavy atom. The third-order valence-electron chi connectivity index (χ3n) is 15.4. The molecule has 0 aliphatic heterocycles. The number of unbranched alkanes of at least 4 members (excludes halogenated alkanes) is 1. The van der Waals surface area contributed by atoms with Crippen molar-refractivity contribution in [1.29, 1.82) is 0 Å². The second-order valence-corrected chi connectivity index (χ2v) is 43.0. The Morgan fingerprint density at radius 2 is 0.828 bits per heavy atom. The summed E-state index contributed by atoms with van der Waals surface area (Å²) in [7, 11) is -4.12. The zero-order valence-corrected chi connectivity index (χ0v) is 71.1. The number of hydrogen-bond donors (Lipinski definition) is 2. The number of carbonyl (C=O) groups is 2. The average molecular weight is 1730 g/mol. The van der Waals surface area contributed by atoms with Crippen LogP contribution in [0, 0.1) is 6.92 Å². The normalized spacial score (nSPS) is 12.0. The van der Waals surface area contributed by atoms with E-state index in [0.29, 0.717) is 38.8 Å². The number of aliphatic hydroxyl groups is 2. The van der Waals surface area contributed by atoms with Crippen LogP contribution in [0.2, 0.25) is 33.2 Å². The maximum absolute atomic E-state index is 11.2. The van der Waals surface area contributed by atoms with Crippen LogP contribution < -0.4 is 18.9 Å². The standard InChI is InChI=1S/C21H31BrO2SSi.C21H29BrO2SSi.C13H13BrOS.C7H5BrO.C6H7BrS.C4H9.Li.Mn.2O/c2*1-14(2)26(15(3)4,16(5)6)24-21(17-8-7-9-19(22)10-17)18-11-20(12-23)25-13-18;1-2-12-7-10(8-16-12)13(15)9-4-3-5-11(14)6-9;8-7-3-1-2-6(4-7)5-9;1-2-6-3-5(7)4-8-6;1-3-4-2;;;;/h7-11,13-16,21,23H,12H2,1-6H3;7-16,21H,1-6H3;3-8,13,15H,2H2,1H3;1-5H;3-4H,2H2,1H3;1,3-4H2,2H3;;;;/q;;;;;-1;+1;;;. The van der Waals surface area contributed by atoms with Crippen molar-refractivity contribution in [3.63, 3.8) is 0 Å². The van der Waals surface area contributed by atoms with Crippen LogP contribution in [0.25, 0.3) is 0 Å². The molecule has 0 saturated heterocycles. The molecule has 0 saturated carbocycles. The van der Waals surface area contributed by atoms with Crippen molar-refractivity contribution in [2.45, 2.75) is 188 Å². The van der Waals surface area contributed by atoms with Crippen LogP contribution in [0.5, 0.6) is 0 Å². The van der Waals surface area contributed by atoms with Gasteiger partial charge in [-0.15, -0.1) is 45.3 Å². The fourth-order valence-electron chi connectivity index (χ4n) is 11.1. The zero-order valence-electron chi connectivity index (χ0n) is 56.7. The van der Waals surface area contributed by atoms with E-state index in [-0.39, 0.29) is 37.7 Å². The predicted octanol–water partition coefficient (Wildman–Crippen LogP) is 22.8. The summed E-state index contributed by atoms with van der Waals surface area (Å²) in [6.45, 7) is 37.8. The Balaban J connectivity index is 0.000000597. The summed E-state index contributed by atoms with van der Waals surface area (Å²) >= 11 is 22.4. The van der Waals surface area contributed by atoms with Gasteiger partial charge in [-0.2, -0.15) is 6.42 Å². The molecule has 0 radical (unpaired) electrons. The van der Waals surface area contributed by atoms with E-state index in [2.05, 4.69) is 255 Å². The monoisotopic (exact) mass is 1730 g/mol. The van der Waals surface area contributed by atoms with Crippen LogP contribution in [-0.2, 0) is 50.8 Å². The Hall–Kier alpha value is -1.59. The second-order valence-electron chi connectivity index (χ2n) is 23.5. The first-order chi connectivity index (χ1) is 43.6. The van der Waals surface area contributed by atoms with Gasteiger partial charge in [-0.25, -0.2) is 0 Å². The van der Waals surface area contributed by atoms with Crippen LogP contribution in [0.4, 0.5) is 0 Å². The van der Waals surface area contributed by atoms with Crippen LogP contribution >= 0.6 is 125 Å². The Bertz CT molecular complexity index is 3370. The van der Waals surface area contributed by atoms with Crippen LogP contribution in [0.15, 0.2) is 165 Å². The third-order valence-corrected chi connectivity index (χ3v) is 34.2. The van der Waals surface area contributed by atoms with Gasteiger partial charge in [0.25, 0.3) is 0 Å². The number of benzene rings is 4. The minimum atomic E-state index is -2.07. The van der Waals surface area contributed by atoms with E-state index in [1.54, 1.807) is 46.1 Å². The third kappa shape index (κ3) is 29.3. The molecule has 2 N–H and O–H groups in total. The summed E-state index contributed by atoms with van der Waals surface area (Å²) in [4.78, 5) is 25.8. The van der Waals surface area contributed by atoms with Crippen molar-refractivity contribution in [3.05, 3.63) is 231 Å². The van der Waals surface area contributed by atoms with Crippen LogP contribution in [0.1, 0.15) is 203 Å². The molecule has 8 rings (SSSR count). The zero-order chi connectivity index (χ0) is 69.3. The van der Waals surface area contributed by atoms with E-state index in [9.17, 15) is 19.8 Å². The Morgan fingerprint density at radius 3 is 1.14 bits per heavy atom. The van der Waals surface area contributed by atoms with Crippen molar-refractivity contribution in [3.8, 4) is 0 Å². The fraction of sp³-hybridized carbons (Fsp3) is 0.403. The van der Waals surface area contributed by atoms with Gasteiger partial charge in [-0.05, 0) is 184 Å². The molecule has 505 valence electrons. The Kier molecular flexibility index (Phi) is 45.6. The summed E-state index contributed by atoms with van der Waals surface area (Å²) in [5, 5.41) is 28.1. The summed E-state index contributed by atoms with van der Waals surface area (Å²) in [6.07, 6.45) is 5.44. The minimum absolute atomic E-state index is 0. The van der Waals surface area contributed by atoms with E-state index in [0.717, 1.165) is 87.3 Å². The van der Waals surface area contributed by atoms with Gasteiger partial charge >= 0.3 is 41.4 Å². The first kappa shape index (κ1) is 89.4. The maximum atomic E-state index is 11.2. The molecule has 0 fully saturated rings. The SMILES string of the molecule is CC(C)[Si](OC(c1cccc(Br)c1)c1csc(C=O)c1)(C(C)C)C(C)C.CC(C)[Si](OC(c1cccc(Br)c1)c1csc(CO)c1)(C(C)C)C(C)C.CCc1cc(Br)cs1.CCc1cc(C(O)c2cccc(Br)c2)cs1.O=Cc1cccc(Br)c1.[CH2-]CCC.[Li+].[O]=[Mn]=[O]. The van der Waals surface area contributed by atoms with Crippen LogP contribution in [0.3, 0.4) is 0 Å². The topological polar surface area (TPSA) is 127 Å². The predicted molar refractivity (Wildman–Crippen MR) is 411 cm³/mol. The van der Waals surface area contributed by atoms with Crippen molar-refractivity contribution < 1.29 is 70.0 Å². The number of carbonyl (C=O) groups excluding carboxylic acids is 2. The van der Waals surface area contributed by atoms with Gasteiger partial charge in [0, 0.05) is 47.9 Å². The van der Waals surface area contributed by atoms with E-state index in [1.807, 2.05) is 66.0 Å². The van der Waals surface area contributed by atoms with E-state index in [1.165, 1.54) is 37.5 Å². The molecule has 0 aliphatic carbocycles. The van der Waals surface area contributed by atoms with Gasteiger partial charge in [0.1, 0.15) is 12.4 Å². The van der Waals surface area contributed by atoms with Gasteiger partial charge in [0.15, 0.2) is 6.29 Å². The second kappa shape index (κ2) is 47.5. The number of thiophene rings is 4. The number of aryl methyl sites for hydroxylation is 2. The molecular formula is C72H94Br5LiMnO8S4Si2. The molecule has 0 spiro atoms. The molecule has 0 aliphatic rings. The number of aldehydes is 2. The van der Waals surface area contributed by atoms with E-state index >= 15 is 0 Å². The first-order valence-electron chi connectivity index (χ1n) is 30.8. The molecule has 21 heteroatoms. The first-order valence-corrected chi connectivity index (χ1v) is 43.6. The summed E-state index contributed by atoms with van der Waals surface area (Å²) in [6, 6.07) is 40.1. The number of aliphatic hydroxyl groups excluding tert-OH is 2. The number of halogens is 5. The molecule has 0 amide bonds. The Labute approximate surface area is 635 Å². The van der Waals surface area contributed by atoms with Crippen molar-refractivity contribution in [1.82, 2.24) is 0 Å². The molecule has 4 aromatic heterocycles. The summed E-state index contributed by atoms with van der Waals surface area (Å²) < 4.78 is 36.3. The molecule has 3 atom stereocenters. The van der Waals surface area contributed by atoms with Crippen LogP contribution in [-0.4, -0.2) is 39.4 Å².